The number of aliphatic carboxylic acids is 2. The summed E-state index contributed by atoms with van der Waals surface area (Å²) in [6.07, 6.45) is -9.98. The summed E-state index contributed by atoms with van der Waals surface area (Å²) in [4.78, 5) is 107. The van der Waals surface area contributed by atoms with Gasteiger partial charge in [-0.3, -0.25) is 20.2 Å². The maximum atomic E-state index is 13.4. The molecule has 4 aliphatic rings. The number of rotatable bonds is 17. The fourth-order valence-corrected chi connectivity index (χ4v) is 7.65. The fourth-order valence-electron chi connectivity index (χ4n) is 7.65. The Bertz CT molecular complexity index is 2300. The molecule has 28 nitrogen and oxygen atoms in total. The monoisotopic (exact) mass is 980 g/mol. The first-order valence-electron chi connectivity index (χ1n) is 21.0. The largest absolute Gasteiger partial charge is 0.508 e. The molecule has 0 spiro atoms. The van der Waals surface area contributed by atoms with Crippen molar-refractivity contribution in [3.8, 4) is 0 Å². The van der Waals surface area contributed by atoms with Crippen molar-refractivity contribution >= 4 is 71.5 Å². The number of aryl methyl sites for hydroxylation is 2. The van der Waals surface area contributed by atoms with Crippen molar-refractivity contribution in [1.29, 1.82) is 0 Å². The molecule has 4 amide bonds. The van der Waals surface area contributed by atoms with Gasteiger partial charge in [-0.25, -0.2) is 38.8 Å². The summed E-state index contributed by atoms with van der Waals surface area (Å²) in [5.41, 5.74) is 24.6. The molecular formula is C42H48N10O18. The Labute approximate surface area is 395 Å². The van der Waals surface area contributed by atoms with E-state index in [-0.39, 0.29) is 11.4 Å². The van der Waals surface area contributed by atoms with Crippen LogP contribution in [-0.4, -0.2) is 144 Å². The number of benzene rings is 2. The van der Waals surface area contributed by atoms with Crippen molar-refractivity contribution in [2.24, 2.45) is 32.9 Å². The van der Waals surface area contributed by atoms with Gasteiger partial charge in [0.15, 0.2) is 48.5 Å². The van der Waals surface area contributed by atoms with Crippen LogP contribution in [0.2, 0.25) is 0 Å². The Morgan fingerprint density at radius 1 is 0.614 bits per heavy atom. The van der Waals surface area contributed by atoms with Gasteiger partial charge in [-0.05, 0) is 60.4 Å². The highest BCUT2D eigenvalue weighted by molar-refractivity contribution is 5.87. The van der Waals surface area contributed by atoms with Gasteiger partial charge in [0, 0.05) is 25.2 Å². The molecule has 0 unspecified atom stereocenters. The van der Waals surface area contributed by atoms with E-state index in [0.29, 0.717) is 12.8 Å². The van der Waals surface area contributed by atoms with Crippen LogP contribution in [-0.2, 0) is 69.9 Å². The summed E-state index contributed by atoms with van der Waals surface area (Å²) in [5.74, 6) is -6.42. The minimum Gasteiger partial charge on any atom is -0.477 e. The number of cyclic esters (lactones) is 4. The van der Waals surface area contributed by atoms with E-state index < -0.39 is 146 Å². The summed E-state index contributed by atoms with van der Waals surface area (Å²) in [5, 5.41) is 29.8. The first-order chi connectivity index (χ1) is 33.2. The number of hydrogen-bond donors (Lipinski definition) is 10. The number of amides is 4. The van der Waals surface area contributed by atoms with Crippen LogP contribution in [0, 0.1) is 0 Å². The van der Waals surface area contributed by atoms with Crippen LogP contribution in [0.4, 0.5) is 30.6 Å². The van der Waals surface area contributed by atoms with Gasteiger partial charge in [0.2, 0.25) is 23.3 Å². The normalized spacial score (nSPS) is 24.2. The number of carboxylic acids is 2. The van der Waals surface area contributed by atoms with Crippen LogP contribution in [0.15, 0.2) is 82.2 Å². The highest BCUT2D eigenvalue weighted by Crippen LogP contribution is 2.31. The zero-order chi connectivity index (χ0) is 50.8. The number of aliphatic imine (C=N–C) groups is 2. The van der Waals surface area contributed by atoms with Crippen LogP contribution in [0.25, 0.3) is 0 Å². The molecule has 2 saturated heterocycles. The lowest BCUT2D eigenvalue weighted by atomic mass is 9.92. The summed E-state index contributed by atoms with van der Waals surface area (Å²) in [7, 11) is 0. The van der Waals surface area contributed by atoms with Crippen LogP contribution in [0.3, 0.4) is 0 Å². The number of ether oxygens (including phenoxy) is 8. The minimum atomic E-state index is -1.57. The number of carbonyl (C=O) groups excluding carboxylic acids is 6. The third-order valence-corrected chi connectivity index (χ3v) is 10.6. The van der Waals surface area contributed by atoms with Gasteiger partial charge >= 0.3 is 36.4 Å². The van der Waals surface area contributed by atoms with Crippen molar-refractivity contribution in [2.45, 2.75) is 87.5 Å². The summed E-state index contributed by atoms with van der Waals surface area (Å²) in [6, 6.07) is 8.41. The zero-order valence-electron chi connectivity index (χ0n) is 37.0. The van der Waals surface area contributed by atoms with Crippen LogP contribution >= 0.6 is 0 Å². The van der Waals surface area contributed by atoms with Gasteiger partial charge in [-0.1, -0.05) is 24.3 Å². The second-order valence-electron chi connectivity index (χ2n) is 15.7. The predicted octanol–water partition coefficient (Wildman–Crippen LogP) is -0.595. The molecule has 0 aromatic heterocycles. The number of hydrogen-bond acceptors (Lipinski definition) is 18. The van der Waals surface area contributed by atoms with E-state index in [1.165, 1.54) is 13.8 Å². The third kappa shape index (κ3) is 13.3. The molecule has 10 atom stereocenters. The van der Waals surface area contributed by atoms with E-state index in [0.717, 1.165) is 23.3 Å². The molecule has 0 aliphatic carbocycles. The van der Waals surface area contributed by atoms with E-state index in [2.05, 4.69) is 31.3 Å². The standard InChI is InChI=1S/C42H48N10O18/c1-17(53)47-29-23(51-37(43)44)13-25(35(55)56)65-33(29)31(27-15-63-41(61)67-27)69-39(59)49-21-9-5-19(6-10-21)3-4-20-7-11-22(12-8-20)50-40(60)70-32(28-16-64-42(62)68-28)34-30(48-18(2)54)24(52-38(45)46)14-26(66-34)36(57)58/h5-14,23-24,27-34H,3-4,15-16H2,1-2H3,(H,47,53)(H,48,54)(H,49,59)(H,50,60)(H,55,56)(H,57,58)(H4,43,44,51)(H4,45,46,52)/t23-,24-,27+,28+,29+,30+,31+,32+,33+,34+/m0/s1. The van der Waals surface area contributed by atoms with Crippen LogP contribution in [0.5, 0.6) is 0 Å². The number of anilines is 2. The lowest BCUT2D eigenvalue weighted by Gasteiger charge is -2.39. The molecule has 4 heterocycles. The first kappa shape index (κ1) is 50.4. The fraction of sp³-hybridized carbons (Fsp3) is 0.381. The number of carboxylic acid groups (broad SMARTS) is 2. The van der Waals surface area contributed by atoms with E-state index in [9.17, 15) is 48.6 Å². The molecule has 0 saturated carbocycles. The Balaban J connectivity index is 1.08. The lowest BCUT2D eigenvalue weighted by molar-refractivity contribution is -0.144. The van der Waals surface area contributed by atoms with Crippen molar-refractivity contribution in [3.05, 3.63) is 83.3 Å². The molecule has 2 aromatic carbocycles. The predicted molar refractivity (Wildman–Crippen MR) is 236 cm³/mol. The van der Waals surface area contributed by atoms with E-state index in [4.69, 9.17) is 60.8 Å². The number of carbonyl (C=O) groups is 8. The minimum absolute atomic E-state index is 0.274. The second kappa shape index (κ2) is 22.2. The Morgan fingerprint density at radius 2 is 0.971 bits per heavy atom. The average molecular weight is 981 g/mol. The Morgan fingerprint density at radius 3 is 1.26 bits per heavy atom. The highest BCUT2D eigenvalue weighted by atomic mass is 16.8. The van der Waals surface area contributed by atoms with E-state index in [1.807, 2.05) is 0 Å². The van der Waals surface area contributed by atoms with E-state index in [1.54, 1.807) is 48.5 Å². The Hall–Kier alpha value is -8.98. The number of nitrogens with one attached hydrogen (secondary N) is 4. The molecule has 70 heavy (non-hydrogen) atoms. The molecular weight excluding hydrogens is 933 g/mol. The third-order valence-electron chi connectivity index (χ3n) is 10.6. The van der Waals surface area contributed by atoms with E-state index >= 15 is 0 Å². The summed E-state index contributed by atoms with van der Waals surface area (Å²) >= 11 is 0. The van der Waals surface area contributed by atoms with Crippen molar-refractivity contribution in [1.82, 2.24) is 10.6 Å². The van der Waals surface area contributed by atoms with Gasteiger partial charge in [-0.15, -0.1) is 0 Å². The first-order valence-corrected chi connectivity index (χ1v) is 21.0. The number of guanidine groups is 2. The molecule has 0 bridgehead atoms. The van der Waals surface area contributed by atoms with Crippen molar-refractivity contribution in [3.63, 3.8) is 0 Å². The summed E-state index contributed by atoms with van der Waals surface area (Å²) in [6.45, 7) is 1.51. The molecule has 0 radical (unpaired) electrons. The quantitative estimate of drug-likeness (QED) is 0.0410. The summed E-state index contributed by atoms with van der Waals surface area (Å²) < 4.78 is 42.9. The highest BCUT2D eigenvalue weighted by Gasteiger charge is 2.51. The molecule has 2 aromatic rings. The lowest BCUT2D eigenvalue weighted by Crippen LogP contribution is -2.60. The molecule has 28 heteroatoms. The van der Waals surface area contributed by atoms with Gasteiger partial charge < -0.3 is 81.7 Å². The van der Waals surface area contributed by atoms with Gasteiger partial charge in [0.25, 0.3) is 0 Å². The van der Waals surface area contributed by atoms with Crippen LogP contribution < -0.4 is 44.2 Å². The van der Waals surface area contributed by atoms with Crippen molar-refractivity contribution in [2.75, 3.05) is 23.8 Å². The zero-order valence-corrected chi connectivity index (χ0v) is 37.0. The topological polar surface area (TPSA) is 428 Å². The SMILES string of the molecule is CC(=O)N[C@H]1[C@H]([C@H](OC(=O)Nc2ccc(CCc3ccc(NC(=O)O[C@@H]([C@@H]4OC(C(=O)O)=C[C@H](N=C(N)N)[C@H]4NC(C)=O)[C@H]4COC(=O)O4)cc3)cc2)[C@H]2COC(=O)O2)OC(C(=O)O)=C[C@@H]1N=C(N)N. The Kier molecular flexibility index (Phi) is 16.0. The van der Waals surface area contributed by atoms with Crippen LogP contribution in [0.1, 0.15) is 25.0 Å². The van der Waals surface area contributed by atoms with Gasteiger partial charge in [0.05, 0.1) is 24.2 Å². The molecule has 6 rings (SSSR count). The molecule has 4 aliphatic heterocycles. The smallest absolute Gasteiger partial charge is 0.477 e. The second-order valence-corrected chi connectivity index (χ2v) is 15.7. The van der Waals surface area contributed by atoms with Gasteiger partial charge in [0.1, 0.15) is 13.2 Å². The molecule has 14 N–H and O–H groups in total. The number of nitrogens with two attached hydrogens (primary N) is 4. The maximum absolute atomic E-state index is 13.4. The average Bonchev–Trinajstić information content (AvgIpc) is 3.92. The molecule has 374 valence electrons. The van der Waals surface area contributed by atoms with Gasteiger partial charge in [-0.2, -0.15) is 0 Å². The molecule has 2 fully saturated rings. The van der Waals surface area contributed by atoms with Crippen molar-refractivity contribution < 1.29 is 86.5 Å². The maximum Gasteiger partial charge on any atom is 0.508 e. The number of nitrogens with zero attached hydrogens (tertiary/aromatic N) is 2.